The van der Waals surface area contributed by atoms with E-state index < -0.39 is 0 Å². The third kappa shape index (κ3) is 5.17. The van der Waals surface area contributed by atoms with E-state index in [1.807, 2.05) is 13.8 Å². The van der Waals surface area contributed by atoms with Gasteiger partial charge >= 0.3 is 5.97 Å². The van der Waals surface area contributed by atoms with Gasteiger partial charge in [0.15, 0.2) is 0 Å². The van der Waals surface area contributed by atoms with Crippen molar-refractivity contribution in [3.05, 3.63) is 0 Å². The summed E-state index contributed by atoms with van der Waals surface area (Å²) in [5.41, 5.74) is 0. The molecule has 15 heavy (non-hydrogen) atoms. The van der Waals surface area contributed by atoms with Crippen molar-refractivity contribution in [3.8, 4) is 0 Å². The highest BCUT2D eigenvalue weighted by Crippen LogP contribution is 2.33. The summed E-state index contributed by atoms with van der Waals surface area (Å²) < 4.78 is 4.95. The lowest BCUT2D eigenvalue weighted by molar-refractivity contribution is -0.147. The molecule has 3 nitrogen and oxygen atoms in total. The Kier molecular flexibility index (Phi) is 5.09. The van der Waals surface area contributed by atoms with Crippen LogP contribution in [0.2, 0.25) is 0 Å². The first-order valence-electron chi connectivity index (χ1n) is 6.03. The van der Waals surface area contributed by atoms with E-state index in [9.17, 15) is 4.79 Å². The molecule has 1 saturated carbocycles. The molecule has 0 spiro atoms. The molecule has 0 aromatic rings. The third-order valence-electron chi connectivity index (χ3n) is 2.85. The summed E-state index contributed by atoms with van der Waals surface area (Å²) in [6, 6.07) is 0.523. The van der Waals surface area contributed by atoms with E-state index in [-0.39, 0.29) is 11.9 Å². The minimum absolute atomic E-state index is 0.0356. The summed E-state index contributed by atoms with van der Waals surface area (Å²) in [5.74, 6) is 0.806. The maximum atomic E-state index is 11.3. The quantitative estimate of drug-likeness (QED) is 0.657. The highest BCUT2D eigenvalue weighted by atomic mass is 16.5. The van der Waals surface area contributed by atoms with Gasteiger partial charge in [0.2, 0.25) is 0 Å². The molecule has 3 heteroatoms. The number of carbonyl (C=O) groups excluding carboxylic acids is 1. The van der Waals surface area contributed by atoms with Crippen LogP contribution in [0.4, 0.5) is 0 Å². The first-order chi connectivity index (χ1) is 7.13. The van der Waals surface area contributed by atoms with Gasteiger partial charge in [-0.05, 0) is 26.2 Å². The van der Waals surface area contributed by atoms with Crippen molar-refractivity contribution in [3.63, 3.8) is 0 Å². The zero-order chi connectivity index (χ0) is 11.3. The van der Waals surface area contributed by atoms with Gasteiger partial charge in [-0.3, -0.25) is 4.79 Å². The molecule has 88 valence electrons. The van der Waals surface area contributed by atoms with Gasteiger partial charge in [-0.2, -0.15) is 0 Å². The van der Waals surface area contributed by atoms with Crippen LogP contribution in [0, 0.1) is 11.8 Å². The largest absolute Gasteiger partial charge is 0.466 e. The average Bonchev–Trinajstić information content (AvgIpc) is 2.98. The highest BCUT2D eigenvalue weighted by molar-refractivity contribution is 5.72. The van der Waals surface area contributed by atoms with Gasteiger partial charge in [-0.15, -0.1) is 0 Å². The number of nitrogens with one attached hydrogen (secondary N) is 1. The number of rotatable bonds is 7. The molecule has 0 bridgehead atoms. The number of hydrogen-bond acceptors (Lipinski definition) is 3. The van der Waals surface area contributed by atoms with E-state index in [0.717, 1.165) is 12.5 Å². The normalized spacial score (nSPS) is 19.7. The molecule has 0 radical (unpaired) electrons. The van der Waals surface area contributed by atoms with Crippen molar-refractivity contribution in [2.45, 2.75) is 46.1 Å². The molecule has 2 unspecified atom stereocenters. The van der Waals surface area contributed by atoms with Crippen LogP contribution >= 0.6 is 0 Å². The van der Waals surface area contributed by atoms with Gasteiger partial charge in [0.1, 0.15) is 0 Å². The summed E-state index contributed by atoms with van der Waals surface area (Å²) in [7, 11) is 0. The lowest BCUT2D eigenvalue weighted by atomic mass is 10.1. The molecule has 2 atom stereocenters. The van der Waals surface area contributed by atoms with Gasteiger partial charge in [-0.25, -0.2) is 0 Å². The Morgan fingerprint density at radius 1 is 1.47 bits per heavy atom. The molecule has 1 aliphatic rings. The first-order valence-corrected chi connectivity index (χ1v) is 6.03. The van der Waals surface area contributed by atoms with Crippen LogP contribution in [0.5, 0.6) is 0 Å². The van der Waals surface area contributed by atoms with E-state index >= 15 is 0 Å². The molecule has 1 N–H and O–H groups in total. The van der Waals surface area contributed by atoms with Crippen molar-refractivity contribution in [1.82, 2.24) is 5.32 Å². The zero-order valence-electron chi connectivity index (χ0n) is 10.1. The van der Waals surface area contributed by atoms with Crippen LogP contribution in [-0.4, -0.2) is 25.2 Å². The van der Waals surface area contributed by atoms with Crippen molar-refractivity contribution in [1.29, 1.82) is 0 Å². The predicted molar refractivity (Wildman–Crippen MR) is 60.6 cm³/mol. The second-order valence-electron chi connectivity index (χ2n) is 4.64. The SMILES string of the molecule is CCOC(=O)C(C)CNC(C)CC1CC1. The fraction of sp³-hybridized carbons (Fsp3) is 0.917. The monoisotopic (exact) mass is 213 g/mol. The van der Waals surface area contributed by atoms with E-state index in [1.54, 1.807) is 0 Å². The summed E-state index contributed by atoms with van der Waals surface area (Å²) in [6.07, 6.45) is 4.02. The minimum Gasteiger partial charge on any atom is -0.466 e. The molecular weight excluding hydrogens is 190 g/mol. The standard InChI is InChI=1S/C12H23NO2/c1-4-15-12(14)9(2)8-13-10(3)7-11-5-6-11/h9-11,13H,4-8H2,1-3H3. The smallest absolute Gasteiger partial charge is 0.309 e. The topological polar surface area (TPSA) is 38.3 Å². The van der Waals surface area contributed by atoms with Gasteiger partial charge in [0.25, 0.3) is 0 Å². The van der Waals surface area contributed by atoms with Crippen LogP contribution < -0.4 is 5.32 Å². The van der Waals surface area contributed by atoms with E-state index in [2.05, 4.69) is 12.2 Å². The van der Waals surface area contributed by atoms with E-state index in [4.69, 9.17) is 4.74 Å². The summed E-state index contributed by atoms with van der Waals surface area (Å²) >= 11 is 0. The number of hydrogen-bond donors (Lipinski definition) is 1. The molecule has 1 fully saturated rings. The Balaban J connectivity index is 2.08. The van der Waals surface area contributed by atoms with Crippen LogP contribution in [0.1, 0.15) is 40.0 Å². The molecule has 1 aliphatic carbocycles. The molecule has 0 aliphatic heterocycles. The fourth-order valence-corrected chi connectivity index (χ4v) is 1.68. The van der Waals surface area contributed by atoms with E-state index in [1.165, 1.54) is 19.3 Å². The molecule has 0 amide bonds. The van der Waals surface area contributed by atoms with Gasteiger partial charge in [0, 0.05) is 12.6 Å². The Morgan fingerprint density at radius 3 is 2.67 bits per heavy atom. The van der Waals surface area contributed by atoms with Gasteiger partial charge < -0.3 is 10.1 Å². The van der Waals surface area contributed by atoms with Crippen LogP contribution in [0.3, 0.4) is 0 Å². The lowest BCUT2D eigenvalue weighted by Crippen LogP contribution is -2.34. The second-order valence-corrected chi connectivity index (χ2v) is 4.64. The first kappa shape index (κ1) is 12.5. The van der Waals surface area contributed by atoms with Crippen LogP contribution in [0.25, 0.3) is 0 Å². The zero-order valence-corrected chi connectivity index (χ0v) is 10.1. The maximum absolute atomic E-state index is 11.3. The maximum Gasteiger partial charge on any atom is 0.309 e. The Bertz CT molecular complexity index is 202. The molecule has 0 aromatic carbocycles. The molecule has 1 rings (SSSR count). The summed E-state index contributed by atoms with van der Waals surface area (Å²) in [6.45, 7) is 7.15. The predicted octanol–water partition coefficient (Wildman–Crippen LogP) is 1.96. The van der Waals surface area contributed by atoms with Crippen molar-refractivity contribution >= 4 is 5.97 Å². The van der Waals surface area contributed by atoms with Crippen molar-refractivity contribution in [2.24, 2.45) is 11.8 Å². The Morgan fingerprint density at radius 2 is 2.13 bits per heavy atom. The molecule has 0 heterocycles. The Labute approximate surface area is 92.6 Å². The number of esters is 1. The van der Waals surface area contributed by atoms with Crippen LogP contribution in [0.15, 0.2) is 0 Å². The van der Waals surface area contributed by atoms with Crippen molar-refractivity contribution < 1.29 is 9.53 Å². The van der Waals surface area contributed by atoms with Crippen LogP contribution in [-0.2, 0) is 9.53 Å². The number of carbonyl (C=O) groups is 1. The second kappa shape index (κ2) is 6.11. The van der Waals surface area contributed by atoms with Gasteiger partial charge in [-0.1, -0.05) is 19.8 Å². The minimum atomic E-state index is -0.0939. The summed E-state index contributed by atoms with van der Waals surface area (Å²) in [4.78, 5) is 11.3. The molecule has 0 saturated heterocycles. The van der Waals surface area contributed by atoms with E-state index in [0.29, 0.717) is 12.6 Å². The third-order valence-corrected chi connectivity index (χ3v) is 2.85. The Hall–Kier alpha value is -0.570. The van der Waals surface area contributed by atoms with Gasteiger partial charge in [0.05, 0.1) is 12.5 Å². The highest BCUT2D eigenvalue weighted by Gasteiger charge is 2.24. The van der Waals surface area contributed by atoms with Crippen molar-refractivity contribution in [2.75, 3.05) is 13.2 Å². The summed E-state index contributed by atoms with van der Waals surface area (Å²) in [5, 5.41) is 3.39. The molecule has 0 aromatic heterocycles. The molecular formula is C12H23NO2. The lowest BCUT2D eigenvalue weighted by Gasteiger charge is -2.16. The average molecular weight is 213 g/mol. The number of ether oxygens (including phenoxy) is 1. The fourth-order valence-electron chi connectivity index (χ4n) is 1.68.